The van der Waals surface area contributed by atoms with Crippen LogP contribution in [-0.2, 0) is 24.0 Å². The average Bonchev–Trinajstić information content (AvgIpc) is 2.42. The third-order valence-corrected chi connectivity index (χ3v) is 2.78. The third kappa shape index (κ3) is 8.36. The molecule has 0 saturated carbocycles. The van der Waals surface area contributed by atoms with Gasteiger partial charge in [0, 0.05) is 6.42 Å². The van der Waals surface area contributed by atoms with E-state index in [1.54, 1.807) is 0 Å². The summed E-state index contributed by atoms with van der Waals surface area (Å²) >= 11 is 0. The lowest BCUT2D eigenvalue weighted by atomic mass is 10.1. The summed E-state index contributed by atoms with van der Waals surface area (Å²) in [7, 11) is 0. The molecule has 0 aromatic carbocycles. The fourth-order valence-electron chi connectivity index (χ4n) is 1.49. The summed E-state index contributed by atoms with van der Waals surface area (Å²) in [6.07, 6.45) is -0.916. The van der Waals surface area contributed by atoms with Crippen molar-refractivity contribution in [3.63, 3.8) is 0 Å². The molecule has 0 fully saturated rings. The van der Waals surface area contributed by atoms with Crippen LogP contribution in [0.2, 0.25) is 0 Å². The highest BCUT2D eigenvalue weighted by molar-refractivity contribution is 5.92. The van der Waals surface area contributed by atoms with Crippen LogP contribution in [0.4, 0.5) is 0 Å². The molecule has 3 unspecified atom stereocenters. The maximum Gasteiger partial charge on any atom is 0.326 e. The minimum Gasteiger partial charge on any atom is -0.481 e. The van der Waals surface area contributed by atoms with Gasteiger partial charge in [0.1, 0.15) is 12.1 Å². The zero-order valence-corrected chi connectivity index (χ0v) is 12.4. The van der Waals surface area contributed by atoms with Gasteiger partial charge in [0.05, 0.1) is 12.5 Å². The van der Waals surface area contributed by atoms with Crippen LogP contribution in [0.15, 0.2) is 0 Å². The van der Waals surface area contributed by atoms with E-state index in [1.807, 2.05) is 5.32 Å². The number of rotatable bonds is 10. The largest absolute Gasteiger partial charge is 0.481 e. The fourth-order valence-corrected chi connectivity index (χ4v) is 1.49. The monoisotopic (exact) mass is 332 g/mol. The molecule has 0 aliphatic heterocycles. The van der Waals surface area contributed by atoms with Gasteiger partial charge in [-0.15, -0.1) is 0 Å². The molecule has 0 bridgehead atoms. The first-order chi connectivity index (χ1) is 10.5. The lowest BCUT2D eigenvalue weighted by Gasteiger charge is -2.19. The smallest absolute Gasteiger partial charge is 0.326 e. The van der Waals surface area contributed by atoms with Gasteiger partial charge in [0.2, 0.25) is 17.7 Å². The van der Waals surface area contributed by atoms with Crippen molar-refractivity contribution in [1.82, 2.24) is 10.6 Å². The molecule has 130 valence electrons. The van der Waals surface area contributed by atoms with Crippen molar-refractivity contribution in [3.8, 4) is 0 Å². The number of carboxylic acid groups (broad SMARTS) is 2. The van der Waals surface area contributed by atoms with E-state index in [0.29, 0.717) is 0 Å². The molecule has 11 nitrogen and oxygen atoms in total. The van der Waals surface area contributed by atoms with E-state index in [1.165, 1.54) is 6.92 Å². The SMILES string of the molecule is CC(NC(=O)C(N)CCC(N)=O)C(=O)NC(CC(=O)O)C(=O)O. The third-order valence-electron chi connectivity index (χ3n) is 2.78. The Morgan fingerprint density at radius 2 is 1.61 bits per heavy atom. The Balaban J connectivity index is 4.52. The summed E-state index contributed by atoms with van der Waals surface area (Å²) in [5.41, 5.74) is 10.4. The van der Waals surface area contributed by atoms with Gasteiger partial charge in [0.25, 0.3) is 0 Å². The zero-order valence-electron chi connectivity index (χ0n) is 12.4. The molecule has 0 rings (SSSR count). The second-order valence-electron chi connectivity index (χ2n) is 4.84. The van der Waals surface area contributed by atoms with Crippen LogP contribution in [0.3, 0.4) is 0 Å². The molecule has 23 heavy (non-hydrogen) atoms. The molecule has 8 N–H and O–H groups in total. The lowest BCUT2D eigenvalue weighted by Crippen LogP contribution is -2.53. The first-order valence-electron chi connectivity index (χ1n) is 6.63. The number of hydrogen-bond acceptors (Lipinski definition) is 6. The van der Waals surface area contributed by atoms with Crippen molar-refractivity contribution in [3.05, 3.63) is 0 Å². The van der Waals surface area contributed by atoms with E-state index in [9.17, 15) is 24.0 Å². The number of primary amides is 1. The number of carbonyl (C=O) groups is 5. The van der Waals surface area contributed by atoms with Gasteiger partial charge in [-0.05, 0) is 13.3 Å². The molecule has 0 radical (unpaired) electrons. The standard InChI is InChI=1S/C12H20N4O7/c1-5(15-11(21)6(13)2-3-8(14)17)10(20)16-7(12(22)23)4-9(18)19/h5-7H,2-4,13H2,1H3,(H2,14,17)(H,15,21)(H,16,20)(H,18,19)(H,22,23). The normalized spacial score (nSPS) is 14.2. The molecule has 0 aromatic heterocycles. The number of hydrogen-bond donors (Lipinski definition) is 6. The highest BCUT2D eigenvalue weighted by Crippen LogP contribution is 1.97. The van der Waals surface area contributed by atoms with Gasteiger partial charge in [-0.2, -0.15) is 0 Å². The molecule has 3 atom stereocenters. The molecule has 11 heteroatoms. The number of nitrogens with two attached hydrogens (primary N) is 2. The van der Waals surface area contributed by atoms with Crippen LogP contribution in [0.25, 0.3) is 0 Å². The molecular formula is C12H20N4O7. The van der Waals surface area contributed by atoms with E-state index >= 15 is 0 Å². The number of amides is 3. The Labute approximate surface area is 131 Å². The quantitative estimate of drug-likeness (QED) is 0.245. The zero-order chi connectivity index (χ0) is 18.2. The summed E-state index contributed by atoms with van der Waals surface area (Å²) in [6, 6.07) is -3.83. The van der Waals surface area contributed by atoms with E-state index in [2.05, 4.69) is 5.32 Å². The predicted molar refractivity (Wildman–Crippen MR) is 75.8 cm³/mol. The summed E-state index contributed by atoms with van der Waals surface area (Å²) in [5, 5.41) is 21.6. The Bertz CT molecular complexity index is 494. The first kappa shape index (κ1) is 20.3. The van der Waals surface area contributed by atoms with E-state index < -0.39 is 54.2 Å². The van der Waals surface area contributed by atoms with Gasteiger partial charge in [0.15, 0.2) is 0 Å². The van der Waals surface area contributed by atoms with Crippen molar-refractivity contribution < 1.29 is 34.2 Å². The van der Waals surface area contributed by atoms with Crippen molar-refractivity contribution in [2.24, 2.45) is 11.5 Å². The summed E-state index contributed by atoms with van der Waals surface area (Å²) in [4.78, 5) is 55.4. The number of carbonyl (C=O) groups excluding carboxylic acids is 3. The van der Waals surface area contributed by atoms with Gasteiger partial charge >= 0.3 is 11.9 Å². The average molecular weight is 332 g/mol. The molecule has 0 saturated heterocycles. The van der Waals surface area contributed by atoms with Crippen molar-refractivity contribution in [2.75, 3.05) is 0 Å². The predicted octanol–water partition coefficient (Wildman–Crippen LogP) is -2.87. The minimum absolute atomic E-state index is 0.00767. The highest BCUT2D eigenvalue weighted by Gasteiger charge is 2.26. The second kappa shape index (κ2) is 9.35. The summed E-state index contributed by atoms with van der Waals surface area (Å²) in [6.45, 7) is 1.27. The molecule has 3 amide bonds. The highest BCUT2D eigenvalue weighted by atomic mass is 16.4. The van der Waals surface area contributed by atoms with E-state index in [4.69, 9.17) is 21.7 Å². The summed E-state index contributed by atoms with van der Waals surface area (Å²) in [5.74, 6) is -5.15. The molecule has 0 spiro atoms. The van der Waals surface area contributed by atoms with Crippen LogP contribution in [0, 0.1) is 0 Å². The molecule has 0 aliphatic carbocycles. The van der Waals surface area contributed by atoms with Crippen molar-refractivity contribution >= 4 is 29.7 Å². The van der Waals surface area contributed by atoms with E-state index in [-0.39, 0.29) is 12.8 Å². The first-order valence-corrected chi connectivity index (χ1v) is 6.63. The Kier molecular flexibility index (Phi) is 8.26. The van der Waals surface area contributed by atoms with Crippen LogP contribution < -0.4 is 22.1 Å². The number of nitrogens with one attached hydrogen (secondary N) is 2. The van der Waals surface area contributed by atoms with Gasteiger partial charge in [-0.1, -0.05) is 0 Å². The Morgan fingerprint density at radius 3 is 2.04 bits per heavy atom. The molecular weight excluding hydrogens is 312 g/mol. The van der Waals surface area contributed by atoms with Gasteiger partial charge < -0.3 is 32.3 Å². The lowest BCUT2D eigenvalue weighted by molar-refractivity contribution is -0.147. The van der Waals surface area contributed by atoms with E-state index in [0.717, 1.165) is 0 Å². The second-order valence-corrected chi connectivity index (χ2v) is 4.84. The van der Waals surface area contributed by atoms with Crippen molar-refractivity contribution in [2.45, 2.75) is 44.3 Å². The Morgan fingerprint density at radius 1 is 1.04 bits per heavy atom. The maximum absolute atomic E-state index is 11.8. The summed E-state index contributed by atoms with van der Waals surface area (Å²) < 4.78 is 0. The minimum atomic E-state index is -1.62. The fraction of sp³-hybridized carbons (Fsp3) is 0.583. The van der Waals surface area contributed by atoms with Gasteiger partial charge in [-0.3, -0.25) is 19.2 Å². The van der Waals surface area contributed by atoms with Crippen LogP contribution in [0.5, 0.6) is 0 Å². The van der Waals surface area contributed by atoms with Crippen molar-refractivity contribution in [1.29, 1.82) is 0 Å². The molecule has 0 aliphatic rings. The number of carboxylic acids is 2. The molecule has 0 aromatic rings. The number of aliphatic carboxylic acids is 2. The maximum atomic E-state index is 11.8. The topological polar surface area (TPSA) is 202 Å². The van der Waals surface area contributed by atoms with Crippen LogP contribution >= 0.6 is 0 Å². The van der Waals surface area contributed by atoms with Crippen LogP contribution in [0.1, 0.15) is 26.2 Å². The molecule has 0 heterocycles. The van der Waals surface area contributed by atoms with Gasteiger partial charge in [-0.25, -0.2) is 4.79 Å². The van der Waals surface area contributed by atoms with Crippen LogP contribution in [-0.4, -0.2) is 58.0 Å². The Hall–Kier alpha value is -2.69.